The molecule has 0 bridgehead atoms. The van der Waals surface area contributed by atoms with Crippen LogP contribution in [0.25, 0.3) is 0 Å². The first kappa shape index (κ1) is 21.9. The van der Waals surface area contributed by atoms with Gasteiger partial charge in [-0.25, -0.2) is 5.43 Å². The van der Waals surface area contributed by atoms with Gasteiger partial charge >= 0.3 is 0 Å². The van der Waals surface area contributed by atoms with E-state index in [1.807, 2.05) is 26.0 Å². The van der Waals surface area contributed by atoms with E-state index in [1.54, 1.807) is 31.2 Å². The van der Waals surface area contributed by atoms with Gasteiger partial charge in [0.15, 0.2) is 6.61 Å². The summed E-state index contributed by atoms with van der Waals surface area (Å²) in [6, 6.07) is 10.7. The Bertz CT molecular complexity index is 916. The predicted molar refractivity (Wildman–Crippen MR) is 115 cm³/mol. The highest BCUT2D eigenvalue weighted by atomic mass is 79.9. The highest BCUT2D eigenvalue weighted by Crippen LogP contribution is 2.21. The van der Waals surface area contributed by atoms with E-state index < -0.39 is 5.91 Å². The minimum atomic E-state index is -0.408. The summed E-state index contributed by atoms with van der Waals surface area (Å²) in [6.45, 7) is 5.28. The van der Waals surface area contributed by atoms with Crippen LogP contribution in [0.1, 0.15) is 24.5 Å². The van der Waals surface area contributed by atoms with Gasteiger partial charge in [-0.1, -0.05) is 27.5 Å². The van der Waals surface area contributed by atoms with Crippen molar-refractivity contribution in [3.8, 4) is 5.75 Å². The van der Waals surface area contributed by atoms with Crippen LogP contribution in [0.5, 0.6) is 5.75 Å². The zero-order chi connectivity index (χ0) is 20.7. The molecule has 2 rings (SSSR count). The molecule has 0 unspecified atom stereocenters. The molecular weight excluding hydrogens is 446 g/mol. The molecule has 8 heteroatoms. The number of amides is 2. The molecule has 28 heavy (non-hydrogen) atoms. The molecule has 2 amide bonds. The third-order valence-corrected chi connectivity index (χ3v) is 4.87. The zero-order valence-corrected chi connectivity index (χ0v) is 18.1. The zero-order valence-electron chi connectivity index (χ0n) is 15.8. The lowest BCUT2D eigenvalue weighted by Gasteiger charge is -2.09. The highest BCUT2D eigenvalue weighted by Gasteiger charge is 2.08. The van der Waals surface area contributed by atoms with Crippen LogP contribution in [0.15, 0.2) is 46.0 Å². The fourth-order valence-electron chi connectivity index (χ4n) is 2.28. The maximum absolute atomic E-state index is 12.1. The van der Waals surface area contributed by atoms with Crippen LogP contribution in [0.2, 0.25) is 5.02 Å². The Hall–Kier alpha value is -2.38. The average Bonchev–Trinajstić information content (AvgIpc) is 2.63. The standard InChI is InChI=1S/C20H21BrClN3O3/c1-12-9-16(5-6-17(12)21)28-11-20(27)25-24-14(3)10-19(26)23-18-7-4-15(22)8-13(18)2/h4-9H,10-11H2,1-3H3,(H,23,26)(H,25,27). The van der Waals surface area contributed by atoms with E-state index in [4.69, 9.17) is 16.3 Å². The number of benzene rings is 2. The fraction of sp³-hybridized carbons (Fsp3) is 0.250. The average molecular weight is 467 g/mol. The van der Waals surface area contributed by atoms with Gasteiger partial charge in [0, 0.05) is 20.9 Å². The molecule has 0 aromatic heterocycles. The summed E-state index contributed by atoms with van der Waals surface area (Å²) in [4.78, 5) is 24.0. The molecule has 148 valence electrons. The Balaban J connectivity index is 1.79. The summed E-state index contributed by atoms with van der Waals surface area (Å²) in [6.07, 6.45) is 0.0507. The second-order valence-electron chi connectivity index (χ2n) is 6.27. The van der Waals surface area contributed by atoms with Crippen molar-refractivity contribution in [3.63, 3.8) is 0 Å². The lowest BCUT2D eigenvalue weighted by atomic mass is 10.2. The highest BCUT2D eigenvalue weighted by molar-refractivity contribution is 9.10. The lowest BCUT2D eigenvalue weighted by Crippen LogP contribution is -2.26. The third-order valence-electron chi connectivity index (χ3n) is 3.75. The first-order valence-electron chi connectivity index (χ1n) is 8.51. The topological polar surface area (TPSA) is 79.8 Å². The fourth-order valence-corrected chi connectivity index (χ4v) is 2.75. The molecule has 0 aliphatic heterocycles. The monoisotopic (exact) mass is 465 g/mol. The second kappa shape index (κ2) is 10.2. The molecule has 2 N–H and O–H groups in total. The Kier molecular flexibility index (Phi) is 8.02. The molecule has 0 saturated carbocycles. The molecule has 0 spiro atoms. The first-order chi connectivity index (χ1) is 13.2. The normalized spacial score (nSPS) is 11.1. The van der Waals surface area contributed by atoms with E-state index in [9.17, 15) is 9.59 Å². The van der Waals surface area contributed by atoms with E-state index in [-0.39, 0.29) is 18.9 Å². The lowest BCUT2D eigenvalue weighted by molar-refractivity contribution is -0.123. The SMILES string of the molecule is CC(CC(=O)Nc1ccc(Cl)cc1C)=NNC(=O)COc1ccc(Br)c(C)c1. The largest absolute Gasteiger partial charge is 0.484 e. The molecule has 0 aliphatic carbocycles. The number of rotatable bonds is 7. The van der Waals surface area contributed by atoms with Crippen LogP contribution in [0.3, 0.4) is 0 Å². The van der Waals surface area contributed by atoms with Gasteiger partial charge < -0.3 is 10.1 Å². The van der Waals surface area contributed by atoms with Crippen LogP contribution in [-0.4, -0.2) is 24.1 Å². The van der Waals surface area contributed by atoms with Crippen molar-refractivity contribution in [2.45, 2.75) is 27.2 Å². The Morgan fingerprint density at radius 1 is 1.11 bits per heavy atom. The molecule has 2 aromatic rings. The van der Waals surface area contributed by atoms with E-state index in [1.165, 1.54) is 0 Å². The number of nitrogens with zero attached hydrogens (tertiary/aromatic N) is 1. The number of ether oxygens (including phenoxy) is 1. The van der Waals surface area contributed by atoms with E-state index in [0.717, 1.165) is 15.6 Å². The summed E-state index contributed by atoms with van der Waals surface area (Å²) < 4.78 is 6.40. The van der Waals surface area contributed by atoms with Gasteiger partial charge in [0.25, 0.3) is 5.91 Å². The Labute approximate surface area is 177 Å². The van der Waals surface area contributed by atoms with Crippen molar-refractivity contribution in [3.05, 3.63) is 57.0 Å². The first-order valence-corrected chi connectivity index (χ1v) is 9.68. The Morgan fingerprint density at radius 3 is 2.54 bits per heavy atom. The minimum absolute atomic E-state index is 0.0507. The number of halogens is 2. The maximum atomic E-state index is 12.1. The molecule has 0 saturated heterocycles. The predicted octanol–water partition coefficient (Wildman–Crippen LogP) is 4.62. The molecule has 0 aliphatic rings. The van der Waals surface area contributed by atoms with E-state index in [2.05, 4.69) is 31.8 Å². The summed E-state index contributed by atoms with van der Waals surface area (Å²) in [7, 11) is 0. The van der Waals surface area contributed by atoms with Crippen LogP contribution in [0, 0.1) is 13.8 Å². The van der Waals surface area contributed by atoms with Crippen molar-refractivity contribution in [1.82, 2.24) is 5.43 Å². The summed E-state index contributed by atoms with van der Waals surface area (Å²) in [5.74, 6) is -0.0503. The molecular formula is C20H21BrClN3O3. The Morgan fingerprint density at radius 2 is 1.86 bits per heavy atom. The number of carbonyl (C=O) groups is 2. The second-order valence-corrected chi connectivity index (χ2v) is 7.56. The molecule has 0 fully saturated rings. The molecule has 0 atom stereocenters. The van der Waals surface area contributed by atoms with Gasteiger partial charge in [-0.05, 0) is 68.3 Å². The minimum Gasteiger partial charge on any atom is -0.484 e. The van der Waals surface area contributed by atoms with Crippen LogP contribution >= 0.6 is 27.5 Å². The number of hydrogen-bond acceptors (Lipinski definition) is 4. The smallest absolute Gasteiger partial charge is 0.277 e. The maximum Gasteiger partial charge on any atom is 0.277 e. The van der Waals surface area contributed by atoms with Crippen LogP contribution < -0.4 is 15.5 Å². The number of hydrogen-bond donors (Lipinski definition) is 2. The van der Waals surface area contributed by atoms with Crippen molar-refractivity contribution in [1.29, 1.82) is 0 Å². The number of hydrazone groups is 1. The third kappa shape index (κ3) is 6.98. The summed E-state index contributed by atoms with van der Waals surface area (Å²) >= 11 is 9.31. The quantitative estimate of drug-likeness (QED) is 0.461. The number of anilines is 1. The van der Waals surface area contributed by atoms with Gasteiger partial charge in [-0.2, -0.15) is 5.10 Å². The van der Waals surface area contributed by atoms with Crippen molar-refractivity contribution in [2.75, 3.05) is 11.9 Å². The molecule has 0 heterocycles. The van der Waals surface area contributed by atoms with Gasteiger partial charge in [0.05, 0.1) is 6.42 Å². The van der Waals surface area contributed by atoms with Gasteiger partial charge in [-0.15, -0.1) is 0 Å². The van der Waals surface area contributed by atoms with Gasteiger partial charge in [0.1, 0.15) is 5.75 Å². The number of aryl methyl sites for hydroxylation is 2. The van der Waals surface area contributed by atoms with Crippen molar-refractivity contribution >= 4 is 50.7 Å². The molecule has 6 nitrogen and oxygen atoms in total. The van der Waals surface area contributed by atoms with Crippen molar-refractivity contribution in [2.24, 2.45) is 5.10 Å². The van der Waals surface area contributed by atoms with E-state index >= 15 is 0 Å². The van der Waals surface area contributed by atoms with Crippen molar-refractivity contribution < 1.29 is 14.3 Å². The van der Waals surface area contributed by atoms with E-state index in [0.29, 0.717) is 22.2 Å². The summed E-state index contributed by atoms with van der Waals surface area (Å²) in [5.41, 5.74) is 5.41. The van der Waals surface area contributed by atoms with Crippen LogP contribution in [0.4, 0.5) is 5.69 Å². The molecule has 0 radical (unpaired) electrons. The molecule has 2 aromatic carbocycles. The van der Waals surface area contributed by atoms with Crippen LogP contribution in [-0.2, 0) is 9.59 Å². The number of carbonyl (C=O) groups excluding carboxylic acids is 2. The van der Waals surface area contributed by atoms with Gasteiger partial charge in [-0.3, -0.25) is 9.59 Å². The number of nitrogens with one attached hydrogen (secondary N) is 2. The van der Waals surface area contributed by atoms with Gasteiger partial charge in [0.2, 0.25) is 5.91 Å². The summed E-state index contributed by atoms with van der Waals surface area (Å²) in [5, 5.41) is 7.33.